The van der Waals surface area contributed by atoms with Crippen molar-refractivity contribution in [1.29, 1.82) is 0 Å². The van der Waals surface area contributed by atoms with Crippen molar-refractivity contribution in [3.63, 3.8) is 0 Å². The van der Waals surface area contributed by atoms with Crippen molar-refractivity contribution >= 4 is 66.3 Å². The quantitative estimate of drug-likeness (QED) is 0.203. The third-order valence-electron chi connectivity index (χ3n) is 8.67. The van der Waals surface area contributed by atoms with Crippen molar-refractivity contribution < 1.29 is 0 Å². The summed E-state index contributed by atoms with van der Waals surface area (Å²) < 4.78 is 1.79. The molecule has 0 fully saturated rings. The fourth-order valence-electron chi connectivity index (χ4n) is 6.70. The second-order valence-corrected chi connectivity index (χ2v) is 11.0. The summed E-state index contributed by atoms with van der Waals surface area (Å²) in [5.74, 6) is 0. The Kier molecular flexibility index (Phi) is 5.63. The molecular weight excluding hydrogens is 522 g/mol. The first-order chi connectivity index (χ1) is 21.1. The van der Waals surface area contributed by atoms with Gasteiger partial charge in [0, 0.05) is 16.0 Å². The average Bonchev–Trinajstić information content (AvgIpc) is 3.06. The molecule has 202 valence electrons. The molecule has 0 radical (unpaired) electrons. The first-order valence-electron chi connectivity index (χ1n) is 14.5. The molecule has 0 amide bonds. The molecule has 0 unspecified atom stereocenters. The fourth-order valence-corrected chi connectivity index (χ4v) is 6.70. The van der Waals surface area contributed by atoms with Crippen LogP contribution in [0.4, 0.5) is 0 Å². The molecule has 0 saturated carbocycles. The molecule has 0 N–H and O–H groups in total. The topological polar surface area (TPSA) is 22.0 Å². The highest BCUT2D eigenvalue weighted by Crippen LogP contribution is 2.39. The van der Waals surface area contributed by atoms with E-state index in [9.17, 15) is 4.79 Å². The number of hydrogen-bond donors (Lipinski definition) is 0. The first kappa shape index (κ1) is 25.0. The number of fused-ring (bicyclic) bond motifs is 8. The van der Waals surface area contributed by atoms with E-state index >= 15 is 0 Å². The number of benzene rings is 7. The van der Waals surface area contributed by atoms with Crippen LogP contribution in [-0.2, 0) is 0 Å². The SMILES string of the molecule is C=C/C(=c1/ccccc1=C)n1c(=O)c2ccccc2c2cc(-c3cc4ccc5ccccc5c4c4ccccc34)ccc21. The Balaban J connectivity index is 1.50. The molecule has 2 nitrogen and oxygen atoms in total. The van der Waals surface area contributed by atoms with Crippen LogP contribution in [0.25, 0.3) is 77.4 Å². The minimum Gasteiger partial charge on any atom is -0.276 e. The average molecular weight is 550 g/mol. The van der Waals surface area contributed by atoms with Crippen molar-refractivity contribution in [2.24, 2.45) is 0 Å². The molecule has 0 atom stereocenters. The van der Waals surface area contributed by atoms with Gasteiger partial charge in [-0.3, -0.25) is 9.36 Å². The van der Waals surface area contributed by atoms with Gasteiger partial charge in [-0.1, -0.05) is 122 Å². The van der Waals surface area contributed by atoms with Gasteiger partial charge >= 0.3 is 0 Å². The molecule has 1 aromatic heterocycles. The number of pyridine rings is 1. The lowest BCUT2D eigenvalue weighted by Gasteiger charge is -2.17. The zero-order valence-electron chi connectivity index (χ0n) is 23.5. The second-order valence-electron chi connectivity index (χ2n) is 11.0. The number of rotatable bonds is 3. The number of hydrogen-bond acceptors (Lipinski definition) is 1. The molecule has 0 aliphatic heterocycles. The van der Waals surface area contributed by atoms with Crippen LogP contribution in [0.2, 0.25) is 0 Å². The molecule has 0 aliphatic rings. The highest BCUT2D eigenvalue weighted by Gasteiger charge is 2.16. The lowest BCUT2D eigenvalue weighted by Crippen LogP contribution is -2.31. The maximum absolute atomic E-state index is 14.1. The van der Waals surface area contributed by atoms with E-state index in [0.29, 0.717) is 5.39 Å². The molecule has 8 rings (SSSR count). The Morgan fingerprint density at radius 3 is 2.02 bits per heavy atom. The predicted octanol–water partition coefficient (Wildman–Crippen LogP) is 8.53. The summed E-state index contributed by atoms with van der Waals surface area (Å²) in [7, 11) is 0. The Morgan fingerprint density at radius 1 is 0.581 bits per heavy atom. The molecule has 43 heavy (non-hydrogen) atoms. The zero-order chi connectivity index (χ0) is 29.1. The van der Waals surface area contributed by atoms with Gasteiger partial charge in [-0.2, -0.15) is 0 Å². The van der Waals surface area contributed by atoms with E-state index < -0.39 is 0 Å². The summed E-state index contributed by atoms with van der Waals surface area (Å²) >= 11 is 0. The van der Waals surface area contributed by atoms with Gasteiger partial charge in [0.25, 0.3) is 5.56 Å². The van der Waals surface area contributed by atoms with Gasteiger partial charge in [0.1, 0.15) is 0 Å². The van der Waals surface area contributed by atoms with Crippen molar-refractivity contribution in [3.8, 4) is 11.1 Å². The number of aromatic nitrogens is 1. The normalized spacial score (nSPS) is 12.4. The summed E-state index contributed by atoms with van der Waals surface area (Å²) in [5, 5.41) is 11.7. The van der Waals surface area contributed by atoms with Gasteiger partial charge in [0.05, 0.1) is 11.2 Å². The van der Waals surface area contributed by atoms with Crippen molar-refractivity contribution in [3.05, 3.63) is 167 Å². The van der Waals surface area contributed by atoms with Crippen LogP contribution in [0, 0.1) is 0 Å². The van der Waals surface area contributed by atoms with Crippen molar-refractivity contribution in [1.82, 2.24) is 4.57 Å². The van der Waals surface area contributed by atoms with E-state index in [1.54, 1.807) is 10.6 Å². The molecule has 8 aromatic rings. The molecular formula is C41H27NO. The number of allylic oxidation sites excluding steroid dienone is 1. The lowest BCUT2D eigenvalue weighted by atomic mass is 9.90. The van der Waals surface area contributed by atoms with Crippen molar-refractivity contribution in [2.75, 3.05) is 0 Å². The third-order valence-corrected chi connectivity index (χ3v) is 8.67. The summed E-state index contributed by atoms with van der Waals surface area (Å²) in [5.41, 5.74) is 3.76. The predicted molar refractivity (Wildman–Crippen MR) is 184 cm³/mol. The van der Waals surface area contributed by atoms with Crippen LogP contribution in [-0.4, -0.2) is 4.57 Å². The van der Waals surface area contributed by atoms with Gasteiger partial charge in [0.15, 0.2) is 0 Å². The van der Waals surface area contributed by atoms with Crippen LogP contribution in [0.15, 0.2) is 151 Å². The summed E-state index contributed by atoms with van der Waals surface area (Å²) in [6, 6.07) is 46.2. The van der Waals surface area contributed by atoms with Crippen LogP contribution < -0.4 is 16.0 Å². The lowest BCUT2D eigenvalue weighted by molar-refractivity contribution is 1.09. The van der Waals surface area contributed by atoms with Crippen molar-refractivity contribution in [2.45, 2.75) is 0 Å². The second kappa shape index (κ2) is 9.68. The third kappa shape index (κ3) is 3.77. The van der Waals surface area contributed by atoms with Gasteiger partial charge in [-0.05, 0) is 84.4 Å². The van der Waals surface area contributed by atoms with Gasteiger partial charge < -0.3 is 0 Å². The summed E-state index contributed by atoms with van der Waals surface area (Å²) in [6.45, 7) is 8.34. The van der Waals surface area contributed by atoms with E-state index in [-0.39, 0.29) is 5.56 Å². The van der Waals surface area contributed by atoms with E-state index in [0.717, 1.165) is 43.6 Å². The fraction of sp³-hybridized carbons (Fsp3) is 0. The molecule has 2 heteroatoms. The Labute approximate surface area is 248 Å². The zero-order valence-corrected chi connectivity index (χ0v) is 23.5. The first-order valence-corrected chi connectivity index (χ1v) is 14.5. The molecule has 7 aromatic carbocycles. The molecule has 0 bridgehead atoms. The molecule has 0 saturated heterocycles. The Morgan fingerprint density at radius 2 is 1.23 bits per heavy atom. The largest absolute Gasteiger partial charge is 0.276 e. The molecule has 1 heterocycles. The highest BCUT2D eigenvalue weighted by molar-refractivity contribution is 6.23. The van der Waals surface area contributed by atoms with Gasteiger partial charge in [0.2, 0.25) is 0 Å². The van der Waals surface area contributed by atoms with E-state index in [4.69, 9.17) is 0 Å². The van der Waals surface area contributed by atoms with Gasteiger partial charge in [-0.15, -0.1) is 0 Å². The smallest absolute Gasteiger partial charge is 0.263 e. The minimum atomic E-state index is -0.0722. The highest BCUT2D eigenvalue weighted by atomic mass is 16.1. The van der Waals surface area contributed by atoms with Gasteiger partial charge in [-0.25, -0.2) is 0 Å². The summed E-state index contributed by atoms with van der Waals surface area (Å²) in [4.78, 5) is 14.1. The van der Waals surface area contributed by atoms with E-state index in [1.807, 2.05) is 48.5 Å². The van der Waals surface area contributed by atoms with Crippen LogP contribution >= 0.6 is 0 Å². The monoisotopic (exact) mass is 549 g/mol. The van der Waals surface area contributed by atoms with E-state index in [1.165, 1.54) is 32.3 Å². The Hall–Kier alpha value is -5.73. The Bertz CT molecular complexity index is 2620. The summed E-state index contributed by atoms with van der Waals surface area (Å²) in [6.07, 6.45) is 1.76. The standard InChI is InChI=1S/C41H27NO/c1-3-38(30-14-6-4-12-26(30)2)42-39-23-22-28(24-37(39)33-17-9-11-19-35(33)41(42)43)36-25-29-21-20-27-13-5-7-15-31(27)40(29)34-18-10-8-16-32(34)36/h3-25H,1-2H2/b38-30+. The maximum atomic E-state index is 14.1. The van der Waals surface area contributed by atoms with E-state index in [2.05, 4.69) is 98.1 Å². The number of nitrogens with zero attached hydrogens (tertiary/aromatic N) is 1. The minimum absolute atomic E-state index is 0.0722. The van der Waals surface area contributed by atoms with Crippen LogP contribution in [0.3, 0.4) is 0 Å². The van der Waals surface area contributed by atoms with Crippen LogP contribution in [0.1, 0.15) is 0 Å². The van der Waals surface area contributed by atoms with Crippen LogP contribution in [0.5, 0.6) is 0 Å². The molecule has 0 aliphatic carbocycles. The molecule has 0 spiro atoms. The maximum Gasteiger partial charge on any atom is 0.263 e.